The lowest BCUT2D eigenvalue weighted by atomic mass is 9.73. The highest BCUT2D eigenvalue weighted by molar-refractivity contribution is 8.03. The minimum Gasteiger partial charge on any atom is -0.477 e. The number of carbonyl (C=O) groups excluding carboxylic acids is 3. The largest absolute Gasteiger partial charge is 0.477 e. The zero-order valence-corrected chi connectivity index (χ0v) is 20.8. The van der Waals surface area contributed by atoms with Crippen LogP contribution in [0.1, 0.15) is 33.1 Å². The summed E-state index contributed by atoms with van der Waals surface area (Å²) in [5, 5.41) is 16.1. The maximum atomic E-state index is 13.0. The molecule has 4 aliphatic rings. The SMILES string of the molecule is CNCC(=O)C[C@H](C)[C@H]1C(=O)N2C(C(=O)O)=C(S[C@@H]3CN[C@H](C(=O)N4CC[C@@H](N)C4)C3)[C@H](C)[C@@H]12. The minimum atomic E-state index is -1.10. The van der Waals surface area contributed by atoms with Gasteiger partial charge in [-0.25, -0.2) is 4.79 Å². The Morgan fingerprint density at radius 2 is 2.09 bits per heavy atom. The van der Waals surface area contributed by atoms with Crippen LogP contribution in [0.3, 0.4) is 0 Å². The van der Waals surface area contributed by atoms with Crippen LogP contribution in [0, 0.1) is 17.8 Å². The molecule has 11 heteroatoms. The molecule has 4 heterocycles. The summed E-state index contributed by atoms with van der Waals surface area (Å²) in [5.41, 5.74) is 6.01. The topological polar surface area (TPSA) is 145 Å². The Hall–Kier alpha value is -1.95. The molecule has 7 atom stereocenters. The van der Waals surface area contributed by atoms with Crippen molar-refractivity contribution in [1.29, 1.82) is 0 Å². The Bertz CT molecular complexity index is 910. The normalized spacial score (nSPS) is 33.8. The van der Waals surface area contributed by atoms with Gasteiger partial charge in [0.15, 0.2) is 0 Å². The maximum absolute atomic E-state index is 13.0. The second-order valence-corrected chi connectivity index (χ2v) is 11.4. The second kappa shape index (κ2) is 9.96. The van der Waals surface area contributed by atoms with Gasteiger partial charge in [-0.05, 0) is 25.8 Å². The van der Waals surface area contributed by atoms with Crippen molar-refractivity contribution in [3.8, 4) is 0 Å². The number of Topliss-reactive ketones (excluding diaryl/α,β-unsaturated/α-hetero) is 1. The van der Waals surface area contributed by atoms with Crippen molar-refractivity contribution in [3.63, 3.8) is 0 Å². The summed E-state index contributed by atoms with van der Waals surface area (Å²) in [6.45, 7) is 5.97. The zero-order valence-electron chi connectivity index (χ0n) is 20.0. The van der Waals surface area contributed by atoms with Crippen LogP contribution in [-0.4, -0.2) is 95.1 Å². The first-order chi connectivity index (χ1) is 16.1. The molecule has 0 unspecified atom stereocenters. The fourth-order valence-corrected chi connectivity index (χ4v) is 7.37. The van der Waals surface area contributed by atoms with Crippen molar-refractivity contribution >= 4 is 35.3 Å². The second-order valence-electron chi connectivity index (χ2n) is 10.1. The van der Waals surface area contributed by atoms with E-state index >= 15 is 0 Å². The van der Waals surface area contributed by atoms with Crippen LogP contribution in [0.2, 0.25) is 0 Å². The molecular weight excluding hydrogens is 458 g/mol. The number of β-lactam (4-membered cyclic amide) rings is 1. The van der Waals surface area contributed by atoms with Crippen LogP contribution in [0.5, 0.6) is 0 Å². The third-order valence-electron chi connectivity index (χ3n) is 7.55. The Balaban J connectivity index is 1.43. The first kappa shape index (κ1) is 25.2. The molecular formula is C23H35N5O5S. The maximum Gasteiger partial charge on any atom is 0.353 e. The lowest BCUT2D eigenvalue weighted by Gasteiger charge is -2.47. The lowest BCUT2D eigenvalue weighted by Crippen LogP contribution is -2.62. The van der Waals surface area contributed by atoms with E-state index in [0.29, 0.717) is 31.0 Å². The third-order valence-corrected chi connectivity index (χ3v) is 9.06. The fourth-order valence-electron chi connectivity index (χ4n) is 5.89. The Morgan fingerprint density at radius 1 is 1.35 bits per heavy atom. The molecule has 10 nitrogen and oxygen atoms in total. The number of fused-ring (bicyclic) bond motifs is 1. The predicted octanol–water partition coefficient (Wildman–Crippen LogP) is -0.403. The first-order valence-electron chi connectivity index (χ1n) is 12.0. The van der Waals surface area contributed by atoms with Gasteiger partial charge in [-0.15, -0.1) is 11.8 Å². The van der Waals surface area contributed by atoms with Crippen molar-refractivity contribution in [2.45, 2.75) is 56.5 Å². The number of nitrogens with zero attached hydrogens (tertiary/aromatic N) is 2. The number of nitrogens with one attached hydrogen (secondary N) is 2. The summed E-state index contributed by atoms with van der Waals surface area (Å²) in [6.07, 6.45) is 1.71. The van der Waals surface area contributed by atoms with E-state index in [9.17, 15) is 24.3 Å². The molecule has 0 saturated carbocycles. The van der Waals surface area contributed by atoms with Gasteiger partial charge < -0.3 is 31.3 Å². The molecule has 5 N–H and O–H groups in total. The average Bonchev–Trinajstić information content (AvgIpc) is 3.46. The number of likely N-dealkylation sites (tertiary alicyclic amines) is 1. The van der Waals surface area contributed by atoms with Crippen molar-refractivity contribution in [2.75, 3.05) is 33.2 Å². The first-order valence-corrected chi connectivity index (χ1v) is 12.9. The molecule has 4 rings (SSSR count). The molecule has 0 bridgehead atoms. The Kier molecular flexibility index (Phi) is 7.37. The van der Waals surface area contributed by atoms with E-state index in [1.54, 1.807) is 7.05 Å². The Morgan fingerprint density at radius 3 is 2.71 bits per heavy atom. The van der Waals surface area contributed by atoms with Gasteiger partial charge in [0.25, 0.3) is 0 Å². The number of amides is 2. The van der Waals surface area contributed by atoms with Crippen molar-refractivity contribution < 1.29 is 24.3 Å². The number of hydrogen-bond donors (Lipinski definition) is 4. The summed E-state index contributed by atoms with van der Waals surface area (Å²) in [4.78, 5) is 54.0. The molecule has 0 spiro atoms. The van der Waals surface area contributed by atoms with Gasteiger partial charge >= 0.3 is 5.97 Å². The number of carboxylic acid groups (broad SMARTS) is 1. The van der Waals surface area contributed by atoms with Gasteiger partial charge in [0.05, 0.1) is 24.5 Å². The van der Waals surface area contributed by atoms with Crippen molar-refractivity contribution in [3.05, 3.63) is 10.6 Å². The van der Waals surface area contributed by atoms with Gasteiger partial charge in [0.1, 0.15) is 11.5 Å². The number of nitrogens with two attached hydrogens (primary N) is 1. The van der Waals surface area contributed by atoms with E-state index in [2.05, 4.69) is 10.6 Å². The molecule has 2 amide bonds. The lowest BCUT2D eigenvalue weighted by molar-refractivity contribution is -0.160. The standard InChI is InChI=1S/C23H35N5O5S/c1-11(6-14(29)8-25-3)17-18-12(2)20(19(23(32)33)28(18)22(17)31)34-15-7-16(26-9-15)21(30)27-5-4-13(24)10-27/h11-13,15-18,25-26H,4-10,24H2,1-3H3,(H,32,33)/t11-,12+,13+,15-,16-,17+,18-/m0/s1. The highest BCUT2D eigenvalue weighted by Gasteiger charge is 2.60. The Labute approximate surface area is 204 Å². The van der Waals surface area contributed by atoms with E-state index in [0.717, 1.165) is 6.42 Å². The molecule has 3 saturated heterocycles. The molecule has 34 heavy (non-hydrogen) atoms. The smallest absolute Gasteiger partial charge is 0.353 e. The van der Waals surface area contributed by atoms with E-state index < -0.39 is 5.97 Å². The molecule has 0 aromatic carbocycles. The van der Waals surface area contributed by atoms with Gasteiger partial charge in [-0.2, -0.15) is 0 Å². The van der Waals surface area contributed by atoms with Crippen LogP contribution >= 0.6 is 11.8 Å². The number of carbonyl (C=O) groups is 4. The monoisotopic (exact) mass is 493 g/mol. The van der Waals surface area contributed by atoms with Crippen LogP contribution in [0.15, 0.2) is 10.6 Å². The van der Waals surface area contributed by atoms with E-state index in [1.165, 1.54) is 16.7 Å². The highest BCUT2D eigenvalue weighted by Crippen LogP contribution is 2.53. The van der Waals surface area contributed by atoms with E-state index in [1.807, 2.05) is 18.7 Å². The van der Waals surface area contributed by atoms with Gasteiger partial charge in [-0.3, -0.25) is 14.4 Å². The summed E-state index contributed by atoms with van der Waals surface area (Å²) in [5.74, 6) is -1.87. The summed E-state index contributed by atoms with van der Waals surface area (Å²) in [7, 11) is 1.71. The average molecular weight is 494 g/mol. The van der Waals surface area contributed by atoms with Gasteiger partial charge in [0, 0.05) is 48.2 Å². The molecule has 0 aromatic heterocycles. The molecule has 4 aliphatic heterocycles. The zero-order chi connectivity index (χ0) is 24.7. The number of hydrogen-bond acceptors (Lipinski definition) is 8. The van der Waals surface area contributed by atoms with Crippen LogP contribution in [0.4, 0.5) is 0 Å². The highest BCUT2D eigenvalue weighted by atomic mass is 32.2. The van der Waals surface area contributed by atoms with Crippen molar-refractivity contribution in [1.82, 2.24) is 20.4 Å². The quantitative estimate of drug-likeness (QED) is 0.315. The fraction of sp³-hybridized carbons (Fsp3) is 0.739. The van der Waals surface area contributed by atoms with E-state index in [4.69, 9.17) is 5.73 Å². The number of aliphatic carboxylic acids is 1. The summed E-state index contributed by atoms with van der Waals surface area (Å²) in [6, 6.07) is -0.501. The van der Waals surface area contributed by atoms with Crippen LogP contribution in [0.25, 0.3) is 0 Å². The van der Waals surface area contributed by atoms with Crippen LogP contribution in [-0.2, 0) is 19.2 Å². The van der Waals surface area contributed by atoms with Crippen LogP contribution < -0.4 is 16.4 Å². The van der Waals surface area contributed by atoms with Crippen molar-refractivity contribution in [2.24, 2.45) is 23.5 Å². The number of carboxylic acids is 1. The summed E-state index contributed by atoms with van der Waals surface area (Å²) < 4.78 is 0. The molecule has 0 radical (unpaired) electrons. The van der Waals surface area contributed by atoms with Gasteiger partial charge in [-0.1, -0.05) is 13.8 Å². The minimum absolute atomic E-state index is 0.0315. The molecule has 188 valence electrons. The molecule has 0 aromatic rings. The third kappa shape index (κ3) is 4.50. The number of thioether (sulfide) groups is 1. The molecule has 0 aliphatic carbocycles. The van der Waals surface area contributed by atoms with Gasteiger partial charge in [0.2, 0.25) is 11.8 Å². The van der Waals surface area contributed by atoms with E-state index in [-0.39, 0.29) is 77.4 Å². The number of rotatable bonds is 9. The number of ketones is 1. The molecule has 3 fully saturated rings. The summed E-state index contributed by atoms with van der Waals surface area (Å²) >= 11 is 1.48. The number of likely N-dealkylation sites (N-methyl/N-ethyl adjacent to an activating group) is 1. The predicted molar refractivity (Wildman–Crippen MR) is 128 cm³/mol.